The monoisotopic (exact) mass is 271 g/mol. The van der Waals surface area contributed by atoms with Gasteiger partial charge in [-0.25, -0.2) is 0 Å². The van der Waals surface area contributed by atoms with Crippen LogP contribution in [-0.2, 0) is 13.6 Å². The first kappa shape index (κ1) is 13.7. The van der Waals surface area contributed by atoms with Gasteiger partial charge in [0.2, 0.25) is 0 Å². The summed E-state index contributed by atoms with van der Waals surface area (Å²) in [4.78, 5) is 2.59. The molecule has 1 aliphatic rings. The van der Waals surface area contributed by atoms with Crippen LogP contribution in [0.15, 0.2) is 30.5 Å². The highest BCUT2D eigenvalue weighted by Crippen LogP contribution is 2.20. The second-order valence-corrected chi connectivity index (χ2v) is 5.84. The molecule has 3 nitrogen and oxygen atoms in total. The summed E-state index contributed by atoms with van der Waals surface area (Å²) in [6.07, 6.45) is 4.95. The Morgan fingerprint density at radius 2 is 2.15 bits per heavy atom. The Bertz CT molecular complexity index is 573. The van der Waals surface area contributed by atoms with Gasteiger partial charge in [-0.2, -0.15) is 0 Å². The number of nitrogens with one attached hydrogen (secondary N) is 1. The molecule has 1 aromatic carbocycles. The Balaban J connectivity index is 1.63. The van der Waals surface area contributed by atoms with E-state index in [1.807, 2.05) is 0 Å². The molecule has 1 aliphatic heterocycles. The van der Waals surface area contributed by atoms with E-state index in [-0.39, 0.29) is 0 Å². The smallest absolute Gasteiger partial charge is 0.0481 e. The maximum absolute atomic E-state index is 3.66. The van der Waals surface area contributed by atoms with Gasteiger partial charge in [0.1, 0.15) is 0 Å². The molecule has 1 fully saturated rings. The first-order valence-corrected chi connectivity index (χ1v) is 7.77. The summed E-state index contributed by atoms with van der Waals surface area (Å²) in [6, 6.07) is 9.38. The topological polar surface area (TPSA) is 20.2 Å². The average molecular weight is 271 g/mol. The van der Waals surface area contributed by atoms with Gasteiger partial charge in [-0.15, -0.1) is 0 Å². The minimum absolute atomic E-state index is 0.731. The third kappa shape index (κ3) is 2.60. The fourth-order valence-corrected chi connectivity index (χ4v) is 3.48. The Morgan fingerprint density at radius 1 is 1.30 bits per heavy atom. The number of hydrogen-bond acceptors (Lipinski definition) is 2. The van der Waals surface area contributed by atoms with Gasteiger partial charge in [0, 0.05) is 43.3 Å². The molecule has 1 aromatic heterocycles. The Morgan fingerprint density at radius 3 is 3.00 bits per heavy atom. The zero-order chi connectivity index (χ0) is 13.9. The number of hydrogen-bond donors (Lipinski definition) is 1. The maximum atomic E-state index is 3.66. The summed E-state index contributed by atoms with van der Waals surface area (Å²) in [7, 11) is 2.13. The van der Waals surface area contributed by atoms with Crippen molar-refractivity contribution in [3.05, 3.63) is 36.0 Å². The average Bonchev–Trinajstić information content (AvgIpc) is 3.05. The van der Waals surface area contributed by atoms with E-state index in [0.29, 0.717) is 0 Å². The third-order valence-electron chi connectivity index (χ3n) is 4.58. The Kier molecular flexibility index (Phi) is 4.08. The highest BCUT2D eigenvalue weighted by molar-refractivity contribution is 5.83. The van der Waals surface area contributed by atoms with Crippen molar-refractivity contribution in [3.63, 3.8) is 0 Å². The molecule has 0 spiro atoms. The number of nitrogens with zero attached hydrogens (tertiary/aromatic N) is 2. The van der Waals surface area contributed by atoms with Crippen molar-refractivity contribution in [2.75, 3.05) is 19.6 Å². The maximum Gasteiger partial charge on any atom is 0.0481 e. The van der Waals surface area contributed by atoms with E-state index in [4.69, 9.17) is 0 Å². The number of aryl methyl sites for hydroxylation is 1. The summed E-state index contributed by atoms with van der Waals surface area (Å²) in [5.41, 5.74) is 2.73. The molecule has 0 bridgehead atoms. The van der Waals surface area contributed by atoms with Crippen LogP contribution in [-0.4, -0.2) is 35.1 Å². The second-order valence-electron chi connectivity index (χ2n) is 5.84. The van der Waals surface area contributed by atoms with Crippen molar-refractivity contribution >= 4 is 10.9 Å². The van der Waals surface area contributed by atoms with Crippen LogP contribution in [0.5, 0.6) is 0 Å². The summed E-state index contributed by atoms with van der Waals surface area (Å²) in [5.74, 6) is 0. The van der Waals surface area contributed by atoms with E-state index in [0.717, 1.165) is 19.1 Å². The standard InChI is InChI=1S/C17H25N3/c1-3-20-10-6-7-15(20)12-18-11-14-13-19(2)17-9-5-4-8-16(14)17/h4-5,8-9,13,15,18H,3,6-7,10-12H2,1-2H3/t15-/m0/s1. The zero-order valence-electron chi connectivity index (χ0n) is 12.6. The molecule has 0 amide bonds. The van der Waals surface area contributed by atoms with Crippen LogP contribution in [0.1, 0.15) is 25.3 Å². The minimum atomic E-state index is 0.731. The number of likely N-dealkylation sites (N-methyl/N-ethyl adjacent to an activating group) is 1. The van der Waals surface area contributed by atoms with Crippen molar-refractivity contribution in [1.29, 1.82) is 0 Å². The molecule has 0 aliphatic carbocycles. The van der Waals surface area contributed by atoms with E-state index < -0.39 is 0 Å². The molecule has 0 saturated carbocycles. The fourth-order valence-electron chi connectivity index (χ4n) is 3.48. The van der Waals surface area contributed by atoms with Crippen molar-refractivity contribution in [2.24, 2.45) is 7.05 Å². The van der Waals surface area contributed by atoms with E-state index in [9.17, 15) is 0 Å². The van der Waals surface area contributed by atoms with Gasteiger partial charge in [-0.05, 0) is 37.6 Å². The number of fused-ring (bicyclic) bond motifs is 1. The molecular weight excluding hydrogens is 246 g/mol. The molecule has 108 valence electrons. The predicted octanol–water partition coefficient (Wildman–Crippen LogP) is 2.75. The molecule has 20 heavy (non-hydrogen) atoms. The van der Waals surface area contributed by atoms with Gasteiger partial charge in [0.25, 0.3) is 0 Å². The molecule has 1 N–H and O–H groups in total. The molecule has 2 aromatic rings. The number of benzene rings is 1. The lowest BCUT2D eigenvalue weighted by Gasteiger charge is -2.22. The second kappa shape index (κ2) is 5.98. The van der Waals surface area contributed by atoms with Crippen LogP contribution in [0.2, 0.25) is 0 Å². The summed E-state index contributed by atoms with van der Waals surface area (Å²) in [5, 5.41) is 5.03. The van der Waals surface area contributed by atoms with Crippen molar-refractivity contribution in [3.8, 4) is 0 Å². The van der Waals surface area contributed by atoms with Crippen LogP contribution in [0.25, 0.3) is 10.9 Å². The zero-order valence-corrected chi connectivity index (χ0v) is 12.6. The van der Waals surface area contributed by atoms with Gasteiger partial charge in [-0.3, -0.25) is 4.90 Å². The highest BCUT2D eigenvalue weighted by Gasteiger charge is 2.22. The lowest BCUT2D eigenvalue weighted by atomic mass is 10.1. The first-order valence-electron chi connectivity index (χ1n) is 7.77. The number of para-hydroxylation sites is 1. The van der Waals surface area contributed by atoms with Gasteiger partial charge >= 0.3 is 0 Å². The van der Waals surface area contributed by atoms with E-state index in [1.165, 1.54) is 42.4 Å². The van der Waals surface area contributed by atoms with E-state index >= 15 is 0 Å². The SMILES string of the molecule is CCN1CCC[C@H]1CNCc1cn(C)c2ccccc12. The van der Waals surface area contributed by atoms with Crippen molar-refractivity contribution in [2.45, 2.75) is 32.4 Å². The van der Waals surface area contributed by atoms with Gasteiger partial charge in [0.15, 0.2) is 0 Å². The molecule has 0 radical (unpaired) electrons. The molecule has 0 unspecified atom stereocenters. The number of likely N-dealkylation sites (tertiary alicyclic amines) is 1. The highest BCUT2D eigenvalue weighted by atomic mass is 15.2. The lowest BCUT2D eigenvalue weighted by Crippen LogP contribution is -2.37. The lowest BCUT2D eigenvalue weighted by molar-refractivity contribution is 0.260. The van der Waals surface area contributed by atoms with Crippen LogP contribution in [0.3, 0.4) is 0 Å². The third-order valence-corrected chi connectivity index (χ3v) is 4.58. The van der Waals surface area contributed by atoms with Crippen LogP contribution in [0.4, 0.5) is 0 Å². The molecule has 3 rings (SSSR count). The normalized spacial score (nSPS) is 20.0. The molecule has 1 saturated heterocycles. The fraction of sp³-hybridized carbons (Fsp3) is 0.529. The Labute approximate surface area is 121 Å². The van der Waals surface area contributed by atoms with Gasteiger partial charge in [-0.1, -0.05) is 25.1 Å². The number of rotatable bonds is 5. The molecular formula is C17H25N3. The predicted molar refractivity (Wildman–Crippen MR) is 84.9 cm³/mol. The quantitative estimate of drug-likeness (QED) is 0.902. The van der Waals surface area contributed by atoms with Crippen LogP contribution in [0, 0.1) is 0 Å². The van der Waals surface area contributed by atoms with Crippen molar-refractivity contribution in [1.82, 2.24) is 14.8 Å². The van der Waals surface area contributed by atoms with Crippen LogP contribution < -0.4 is 5.32 Å². The van der Waals surface area contributed by atoms with E-state index in [2.05, 4.69) is 59.2 Å². The molecule has 3 heteroatoms. The summed E-state index contributed by atoms with van der Waals surface area (Å²) < 4.78 is 2.22. The Hall–Kier alpha value is -1.32. The van der Waals surface area contributed by atoms with E-state index in [1.54, 1.807) is 0 Å². The van der Waals surface area contributed by atoms with Gasteiger partial charge < -0.3 is 9.88 Å². The first-order chi connectivity index (χ1) is 9.79. The summed E-state index contributed by atoms with van der Waals surface area (Å²) in [6.45, 7) is 6.80. The summed E-state index contributed by atoms with van der Waals surface area (Å²) >= 11 is 0. The van der Waals surface area contributed by atoms with Crippen LogP contribution >= 0.6 is 0 Å². The largest absolute Gasteiger partial charge is 0.350 e. The molecule has 2 heterocycles. The minimum Gasteiger partial charge on any atom is -0.350 e. The number of aromatic nitrogens is 1. The van der Waals surface area contributed by atoms with Crippen molar-refractivity contribution < 1.29 is 0 Å². The van der Waals surface area contributed by atoms with Gasteiger partial charge in [0.05, 0.1) is 0 Å². The molecule has 1 atom stereocenters.